The molecule has 1 aliphatic rings. The molecule has 0 bridgehead atoms. The summed E-state index contributed by atoms with van der Waals surface area (Å²) >= 11 is 0. The van der Waals surface area contributed by atoms with E-state index < -0.39 is 0 Å². The average molecular weight is 262 g/mol. The van der Waals surface area contributed by atoms with Gasteiger partial charge in [-0.25, -0.2) is 0 Å². The Hall–Kier alpha value is -1.12. The summed E-state index contributed by atoms with van der Waals surface area (Å²) in [7, 11) is 0. The summed E-state index contributed by atoms with van der Waals surface area (Å²) in [5, 5.41) is 4.58. The summed E-state index contributed by atoms with van der Waals surface area (Å²) in [6.45, 7) is 6.57. The molecular formula is C16H26N2O. The predicted molar refractivity (Wildman–Crippen MR) is 77.1 cm³/mol. The van der Waals surface area contributed by atoms with Gasteiger partial charge in [0.2, 0.25) is 0 Å². The number of aromatic nitrogens is 2. The van der Waals surface area contributed by atoms with Gasteiger partial charge in [0.05, 0.1) is 18.2 Å². The van der Waals surface area contributed by atoms with Crippen molar-refractivity contribution in [1.29, 1.82) is 0 Å². The zero-order chi connectivity index (χ0) is 13.8. The van der Waals surface area contributed by atoms with Crippen molar-refractivity contribution in [2.75, 3.05) is 0 Å². The zero-order valence-corrected chi connectivity index (χ0v) is 12.4. The average Bonchev–Trinajstić information content (AvgIpc) is 3.00. The number of hydrogen-bond acceptors (Lipinski definition) is 2. The Bertz CT molecular complexity index is 420. The van der Waals surface area contributed by atoms with Crippen LogP contribution in [0.2, 0.25) is 0 Å². The highest BCUT2D eigenvalue weighted by molar-refractivity contribution is 5.83. The smallest absolute Gasteiger partial charge is 0.142 e. The van der Waals surface area contributed by atoms with Crippen molar-refractivity contribution in [3.8, 4) is 0 Å². The minimum Gasteiger partial charge on any atom is -0.299 e. The van der Waals surface area contributed by atoms with Gasteiger partial charge in [0, 0.05) is 12.1 Å². The molecule has 0 aromatic carbocycles. The van der Waals surface area contributed by atoms with Gasteiger partial charge in [-0.15, -0.1) is 0 Å². The first-order valence-corrected chi connectivity index (χ1v) is 7.72. The molecule has 0 spiro atoms. The van der Waals surface area contributed by atoms with E-state index in [-0.39, 0.29) is 5.92 Å². The van der Waals surface area contributed by atoms with E-state index in [2.05, 4.69) is 25.9 Å². The third-order valence-electron chi connectivity index (χ3n) is 4.61. The highest BCUT2D eigenvalue weighted by Crippen LogP contribution is 2.32. The van der Waals surface area contributed by atoms with Crippen LogP contribution in [0.3, 0.4) is 0 Å². The maximum atomic E-state index is 12.3. The summed E-state index contributed by atoms with van der Waals surface area (Å²) in [6.07, 6.45) is 8.21. The monoisotopic (exact) mass is 262 g/mol. The van der Waals surface area contributed by atoms with Crippen LogP contribution in [0.1, 0.15) is 64.6 Å². The van der Waals surface area contributed by atoms with Crippen LogP contribution in [0.15, 0.2) is 12.3 Å². The largest absolute Gasteiger partial charge is 0.299 e. The van der Waals surface area contributed by atoms with Crippen LogP contribution in [0.25, 0.3) is 0 Å². The molecule has 1 aromatic rings. The summed E-state index contributed by atoms with van der Waals surface area (Å²) in [4.78, 5) is 12.3. The number of carbonyl (C=O) groups is 1. The van der Waals surface area contributed by atoms with E-state index in [0.717, 1.165) is 25.0 Å². The maximum absolute atomic E-state index is 12.3. The first-order chi connectivity index (χ1) is 9.15. The van der Waals surface area contributed by atoms with E-state index in [0.29, 0.717) is 24.2 Å². The second-order valence-electron chi connectivity index (χ2n) is 5.92. The Labute approximate surface area is 116 Å². The Kier molecular flexibility index (Phi) is 4.78. The molecule has 0 saturated heterocycles. The first kappa shape index (κ1) is 14.3. The molecule has 2 atom stereocenters. The van der Waals surface area contributed by atoms with Gasteiger partial charge in [-0.2, -0.15) is 5.10 Å². The van der Waals surface area contributed by atoms with Crippen LogP contribution >= 0.6 is 0 Å². The van der Waals surface area contributed by atoms with Crippen molar-refractivity contribution >= 4 is 5.78 Å². The van der Waals surface area contributed by atoms with Gasteiger partial charge in [-0.05, 0) is 37.7 Å². The van der Waals surface area contributed by atoms with Crippen LogP contribution in [-0.2, 0) is 11.2 Å². The lowest BCUT2D eigenvalue weighted by Crippen LogP contribution is -2.19. The first-order valence-electron chi connectivity index (χ1n) is 7.72. The molecule has 3 nitrogen and oxygen atoms in total. The molecule has 3 heteroatoms. The normalized spacial score (nSPS) is 23.2. The Morgan fingerprint density at radius 1 is 1.42 bits per heavy atom. The minimum absolute atomic E-state index is 0.276. The second kappa shape index (κ2) is 6.36. The molecular weight excluding hydrogens is 236 g/mol. The van der Waals surface area contributed by atoms with Crippen LogP contribution in [0.4, 0.5) is 0 Å². The van der Waals surface area contributed by atoms with Crippen molar-refractivity contribution in [2.45, 2.75) is 65.3 Å². The molecule has 1 heterocycles. The number of hydrogen-bond donors (Lipinski definition) is 0. The van der Waals surface area contributed by atoms with Gasteiger partial charge in [0.15, 0.2) is 0 Å². The lowest BCUT2D eigenvalue weighted by Gasteiger charge is -2.14. The van der Waals surface area contributed by atoms with Crippen molar-refractivity contribution in [3.05, 3.63) is 18.0 Å². The lowest BCUT2D eigenvalue weighted by molar-refractivity contribution is -0.123. The number of rotatable bonds is 6. The van der Waals surface area contributed by atoms with Crippen molar-refractivity contribution in [2.24, 2.45) is 11.8 Å². The highest BCUT2D eigenvalue weighted by atomic mass is 16.1. The van der Waals surface area contributed by atoms with Gasteiger partial charge in [0.25, 0.3) is 0 Å². The van der Waals surface area contributed by atoms with Crippen molar-refractivity contribution < 1.29 is 4.79 Å². The van der Waals surface area contributed by atoms with Crippen LogP contribution in [-0.4, -0.2) is 15.6 Å². The van der Waals surface area contributed by atoms with E-state index in [9.17, 15) is 4.79 Å². The van der Waals surface area contributed by atoms with E-state index in [1.54, 1.807) is 0 Å². The van der Waals surface area contributed by atoms with Crippen molar-refractivity contribution in [3.63, 3.8) is 0 Å². The summed E-state index contributed by atoms with van der Waals surface area (Å²) in [5.41, 5.74) is 0.941. The minimum atomic E-state index is 0.276. The SMILES string of the molecule is CCC(CC)n1ccc(CC(=O)C2CCCC2C)n1. The van der Waals surface area contributed by atoms with Gasteiger partial charge in [-0.3, -0.25) is 9.48 Å². The van der Waals surface area contributed by atoms with Crippen molar-refractivity contribution in [1.82, 2.24) is 9.78 Å². The zero-order valence-electron chi connectivity index (χ0n) is 12.4. The number of carbonyl (C=O) groups excluding carboxylic acids is 1. The molecule has 1 saturated carbocycles. The molecule has 2 unspecified atom stereocenters. The fraction of sp³-hybridized carbons (Fsp3) is 0.750. The fourth-order valence-corrected chi connectivity index (χ4v) is 3.27. The third kappa shape index (κ3) is 3.26. The standard InChI is InChI=1S/C16H26N2O/c1-4-14(5-2)18-10-9-13(17-18)11-16(19)15-8-6-7-12(15)3/h9-10,12,14-15H,4-8,11H2,1-3H3. The molecule has 1 aliphatic carbocycles. The van der Waals surface area contributed by atoms with Crippen LogP contribution in [0.5, 0.6) is 0 Å². The Morgan fingerprint density at radius 3 is 2.74 bits per heavy atom. The molecule has 0 N–H and O–H groups in total. The molecule has 2 rings (SSSR count). The summed E-state index contributed by atoms with van der Waals surface area (Å²) in [5.74, 6) is 1.23. The lowest BCUT2D eigenvalue weighted by atomic mass is 9.91. The van der Waals surface area contributed by atoms with Gasteiger partial charge in [-0.1, -0.05) is 27.2 Å². The van der Waals surface area contributed by atoms with Gasteiger partial charge >= 0.3 is 0 Å². The van der Waals surface area contributed by atoms with Crippen LogP contribution < -0.4 is 0 Å². The number of nitrogens with zero attached hydrogens (tertiary/aromatic N) is 2. The van der Waals surface area contributed by atoms with Crippen LogP contribution in [0, 0.1) is 11.8 Å². The molecule has 19 heavy (non-hydrogen) atoms. The number of Topliss-reactive ketones (excluding diaryl/α,β-unsaturated/α-hetero) is 1. The molecule has 106 valence electrons. The third-order valence-corrected chi connectivity index (χ3v) is 4.61. The molecule has 1 fully saturated rings. The van der Waals surface area contributed by atoms with E-state index in [1.807, 2.05) is 16.9 Å². The quantitative estimate of drug-likeness (QED) is 0.781. The van der Waals surface area contributed by atoms with E-state index >= 15 is 0 Å². The molecule has 1 aromatic heterocycles. The maximum Gasteiger partial charge on any atom is 0.142 e. The topological polar surface area (TPSA) is 34.9 Å². The Morgan fingerprint density at radius 2 is 2.16 bits per heavy atom. The fourth-order valence-electron chi connectivity index (χ4n) is 3.27. The summed E-state index contributed by atoms with van der Waals surface area (Å²) < 4.78 is 2.03. The number of ketones is 1. The predicted octanol–water partition coefficient (Wildman–Crippen LogP) is 3.79. The second-order valence-corrected chi connectivity index (χ2v) is 5.92. The van der Waals surface area contributed by atoms with Gasteiger partial charge < -0.3 is 0 Å². The summed E-state index contributed by atoms with van der Waals surface area (Å²) in [6, 6.07) is 2.48. The molecule has 0 aliphatic heterocycles. The molecule has 0 radical (unpaired) electrons. The Balaban J connectivity index is 1.98. The molecule has 0 amide bonds. The highest BCUT2D eigenvalue weighted by Gasteiger charge is 2.29. The van der Waals surface area contributed by atoms with E-state index in [1.165, 1.54) is 12.8 Å². The van der Waals surface area contributed by atoms with Gasteiger partial charge in [0.1, 0.15) is 5.78 Å². The van der Waals surface area contributed by atoms with E-state index in [4.69, 9.17) is 0 Å².